The van der Waals surface area contributed by atoms with Gasteiger partial charge in [0.15, 0.2) is 0 Å². The summed E-state index contributed by atoms with van der Waals surface area (Å²) in [6, 6.07) is -2.19. The van der Waals surface area contributed by atoms with Crippen molar-refractivity contribution in [2.24, 2.45) is 5.73 Å². The van der Waals surface area contributed by atoms with Crippen LogP contribution >= 0.6 is 25.0 Å². The molecule has 0 heterocycles. The van der Waals surface area contributed by atoms with E-state index in [0.29, 0.717) is 0 Å². The van der Waals surface area contributed by atoms with E-state index in [1.807, 2.05) is 0 Å². The van der Waals surface area contributed by atoms with Crippen LogP contribution in [0.1, 0.15) is 12.8 Å². The van der Waals surface area contributed by atoms with Crippen LogP contribution in [-0.4, -0.2) is 45.9 Å². The lowest BCUT2D eigenvalue weighted by Gasteiger charge is -2.12. The first-order valence-electron chi connectivity index (χ1n) is 4.50. The topological polar surface area (TPSA) is 130 Å². The van der Waals surface area contributed by atoms with Gasteiger partial charge in [0.1, 0.15) is 12.1 Å². The minimum atomic E-state index is -1.20. The number of nitrogens with two attached hydrogens (primary N) is 1. The fourth-order valence-corrected chi connectivity index (χ4v) is 1.11. The molecule has 2 atom stereocenters. The zero-order valence-corrected chi connectivity index (χ0v) is 10.5. The lowest BCUT2D eigenvalue weighted by Crippen LogP contribution is -2.42. The van der Waals surface area contributed by atoms with Gasteiger partial charge in [-0.15, -0.1) is 12.4 Å². The van der Waals surface area contributed by atoms with Crippen molar-refractivity contribution in [3.05, 3.63) is 0 Å². The summed E-state index contributed by atoms with van der Waals surface area (Å²) in [5.41, 5.74) is 5.18. The Labute approximate surface area is 110 Å². The predicted molar refractivity (Wildman–Crippen MR) is 65.5 cm³/mol. The highest BCUT2D eigenvalue weighted by Crippen LogP contribution is 1.97. The van der Waals surface area contributed by atoms with Crippen molar-refractivity contribution in [2.75, 3.05) is 5.75 Å². The minimum absolute atomic E-state index is 0. The van der Waals surface area contributed by atoms with Crippen molar-refractivity contribution in [2.45, 2.75) is 24.9 Å². The van der Waals surface area contributed by atoms with Crippen molar-refractivity contribution in [3.63, 3.8) is 0 Å². The maximum Gasteiger partial charge on any atom is 0.327 e. The largest absolute Gasteiger partial charge is 0.480 e. The fourth-order valence-electron chi connectivity index (χ4n) is 0.862. The third-order valence-corrected chi connectivity index (χ3v) is 2.18. The highest BCUT2D eigenvalue weighted by atomic mass is 35.5. The molecular weight excluding hydrogens is 272 g/mol. The van der Waals surface area contributed by atoms with Crippen LogP contribution in [0.2, 0.25) is 0 Å². The van der Waals surface area contributed by atoms with Crippen LogP contribution in [0, 0.1) is 0 Å². The first kappa shape index (κ1) is 18.4. The number of rotatable bonds is 7. The average molecular weight is 287 g/mol. The van der Waals surface area contributed by atoms with E-state index in [1.165, 1.54) is 0 Å². The van der Waals surface area contributed by atoms with E-state index < -0.39 is 29.9 Å². The van der Waals surface area contributed by atoms with E-state index in [4.69, 9.17) is 15.9 Å². The summed E-state index contributed by atoms with van der Waals surface area (Å²) in [7, 11) is 0. The summed E-state index contributed by atoms with van der Waals surface area (Å²) in [6.07, 6.45) is -0.175. The molecule has 9 heteroatoms. The van der Waals surface area contributed by atoms with Gasteiger partial charge in [-0.05, 0) is 6.42 Å². The first-order valence-corrected chi connectivity index (χ1v) is 5.13. The number of carboxylic acid groups (broad SMARTS) is 2. The quantitative estimate of drug-likeness (QED) is 0.386. The Morgan fingerprint density at radius 1 is 1.24 bits per heavy atom. The van der Waals surface area contributed by atoms with E-state index in [1.54, 1.807) is 0 Å². The van der Waals surface area contributed by atoms with Gasteiger partial charge in [-0.3, -0.25) is 9.59 Å². The molecule has 0 aromatic carbocycles. The van der Waals surface area contributed by atoms with Crippen LogP contribution in [0.5, 0.6) is 0 Å². The highest BCUT2D eigenvalue weighted by molar-refractivity contribution is 7.80. The van der Waals surface area contributed by atoms with E-state index in [0.717, 1.165) is 0 Å². The second kappa shape index (κ2) is 9.08. The Kier molecular flexibility index (Phi) is 9.82. The number of hydrogen-bond donors (Lipinski definition) is 5. The molecule has 7 nitrogen and oxygen atoms in total. The van der Waals surface area contributed by atoms with Crippen molar-refractivity contribution < 1.29 is 24.6 Å². The molecule has 0 fully saturated rings. The van der Waals surface area contributed by atoms with Gasteiger partial charge in [-0.2, -0.15) is 12.6 Å². The lowest BCUT2D eigenvalue weighted by molar-refractivity contribution is -0.141. The minimum Gasteiger partial charge on any atom is -0.480 e. The van der Waals surface area contributed by atoms with Gasteiger partial charge in [0.25, 0.3) is 0 Å². The van der Waals surface area contributed by atoms with Gasteiger partial charge in [0.2, 0.25) is 5.91 Å². The molecule has 0 aromatic heterocycles. The molecule has 0 aromatic rings. The standard InChI is InChI=1S/C8H14N2O5S.ClH/c9-4(7(12)13)1-2-6(11)10-5(3-16)8(14)15;/h4-5,16H,1-3,9H2,(H,10,11)(H,12,13)(H,14,15);1H/t4-,5-;/m0./s1. The summed E-state index contributed by atoms with van der Waals surface area (Å²) in [5.74, 6) is -2.98. The number of carbonyl (C=O) groups excluding carboxylic acids is 1. The average Bonchev–Trinajstić information content (AvgIpc) is 2.21. The zero-order valence-electron chi connectivity index (χ0n) is 8.83. The number of hydrogen-bond acceptors (Lipinski definition) is 5. The van der Waals surface area contributed by atoms with Crippen molar-refractivity contribution in [3.8, 4) is 0 Å². The van der Waals surface area contributed by atoms with Crippen LogP contribution in [0.4, 0.5) is 0 Å². The SMILES string of the molecule is Cl.N[C@@H](CCC(=O)N[C@@H](CS)C(=O)O)C(=O)O. The van der Waals surface area contributed by atoms with Crippen LogP contribution in [0.3, 0.4) is 0 Å². The maximum absolute atomic E-state index is 11.2. The third-order valence-electron chi connectivity index (χ3n) is 1.82. The first-order chi connectivity index (χ1) is 7.38. The molecule has 0 aliphatic carbocycles. The number of nitrogens with one attached hydrogen (secondary N) is 1. The Hall–Kier alpha value is -0.990. The van der Waals surface area contributed by atoms with Gasteiger partial charge in [0.05, 0.1) is 0 Å². The number of thiol groups is 1. The fraction of sp³-hybridized carbons (Fsp3) is 0.625. The molecule has 1 amide bonds. The summed E-state index contributed by atoms with van der Waals surface area (Å²) < 4.78 is 0. The smallest absolute Gasteiger partial charge is 0.327 e. The van der Waals surface area contributed by atoms with Crippen LogP contribution in [0.25, 0.3) is 0 Å². The normalized spacial score (nSPS) is 13.1. The molecule has 0 aliphatic heterocycles. The van der Waals surface area contributed by atoms with Crippen molar-refractivity contribution >= 4 is 42.9 Å². The van der Waals surface area contributed by atoms with E-state index in [9.17, 15) is 14.4 Å². The second-order valence-electron chi connectivity index (χ2n) is 3.12. The molecule has 17 heavy (non-hydrogen) atoms. The summed E-state index contributed by atoms with van der Waals surface area (Å²) in [4.78, 5) is 32.1. The van der Waals surface area contributed by atoms with Crippen molar-refractivity contribution in [1.82, 2.24) is 5.32 Å². The van der Waals surface area contributed by atoms with E-state index in [-0.39, 0.29) is 31.0 Å². The molecule has 0 aliphatic rings. The number of carbonyl (C=O) groups is 3. The van der Waals surface area contributed by atoms with Gasteiger partial charge in [-0.1, -0.05) is 0 Å². The number of aliphatic carboxylic acids is 2. The van der Waals surface area contributed by atoms with E-state index in [2.05, 4.69) is 17.9 Å². The molecule has 0 saturated heterocycles. The molecule has 0 radical (unpaired) electrons. The monoisotopic (exact) mass is 286 g/mol. The zero-order chi connectivity index (χ0) is 12.7. The molecule has 0 spiro atoms. The Bertz CT molecular complexity index is 289. The Balaban J connectivity index is 0. The molecule has 0 saturated carbocycles. The summed E-state index contributed by atoms with van der Waals surface area (Å²) >= 11 is 3.76. The molecule has 0 bridgehead atoms. The van der Waals surface area contributed by atoms with E-state index >= 15 is 0 Å². The molecule has 0 rings (SSSR count). The molecular formula is C8H15ClN2O5S. The third kappa shape index (κ3) is 7.83. The van der Waals surface area contributed by atoms with Crippen LogP contribution in [-0.2, 0) is 14.4 Å². The lowest BCUT2D eigenvalue weighted by atomic mass is 10.1. The summed E-state index contributed by atoms with van der Waals surface area (Å²) in [5, 5.41) is 19.3. The highest BCUT2D eigenvalue weighted by Gasteiger charge is 2.19. The maximum atomic E-state index is 11.2. The second-order valence-corrected chi connectivity index (χ2v) is 3.49. The Morgan fingerprint density at radius 3 is 2.12 bits per heavy atom. The number of amides is 1. The molecule has 100 valence electrons. The van der Waals surface area contributed by atoms with Gasteiger partial charge in [-0.25, -0.2) is 4.79 Å². The van der Waals surface area contributed by atoms with Gasteiger partial charge < -0.3 is 21.3 Å². The van der Waals surface area contributed by atoms with Gasteiger partial charge in [0, 0.05) is 12.2 Å². The molecule has 0 unspecified atom stereocenters. The summed E-state index contributed by atoms with van der Waals surface area (Å²) in [6.45, 7) is 0. The predicted octanol–water partition coefficient (Wildman–Crippen LogP) is -0.900. The number of carboxylic acids is 2. The van der Waals surface area contributed by atoms with Crippen molar-refractivity contribution in [1.29, 1.82) is 0 Å². The van der Waals surface area contributed by atoms with Gasteiger partial charge >= 0.3 is 11.9 Å². The van der Waals surface area contributed by atoms with Crippen LogP contribution in [0.15, 0.2) is 0 Å². The Morgan fingerprint density at radius 2 is 1.76 bits per heavy atom. The van der Waals surface area contributed by atoms with Crippen LogP contribution < -0.4 is 11.1 Å². The number of halogens is 1. The molecule has 5 N–H and O–H groups in total.